The predicted molar refractivity (Wildman–Crippen MR) is 96.5 cm³/mol. The summed E-state index contributed by atoms with van der Waals surface area (Å²) in [6, 6.07) is 13.8. The number of nitrogens with one attached hydrogen (secondary N) is 1. The van der Waals surface area contributed by atoms with Crippen molar-refractivity contribution in [2.75, 3.05) is 6.54 Å². The zero-order valence-corrected chi connectivity index (χ0v) is 15.0. The van der Waals surface area contributed by atoms with Crippen LogP contribution in [0.4, 0.5) is 0 Å². The number of hydrogen-bond donors (Lipinski definition) is 1. The molecule has 0 aliphatic rings. The fourth-order valence-corrected chi connectivity index (χ4v) is 4.52. The molecule has 0 bridgehead atoms. The molecule has 0 amide bonds. The maximum atomic E-state index is 12.6. The van der Waals surface area contributed by atoms with E-state index in [1.54, 1.807) is 13.2 Å². The van der Waals surface area contributed by atoms with Gasteiger partial charge in [-0.1, -0.05) is 36.4 Å². The topological polar surface area (TPSA) is 64.0 Å². The molecule has 24 heavy (non-hydrogen) atoms. The van der Waals surface area contributed by atoms with Crippen molar-refractivity contribution in [2.45, 2.75) is 17.7 Å². The third kappa shape index (κ3) is 3.92. The van der Waals surface area contributed by atoms with Crippen molar-refractivity contribution in [3.05, 3.63) is 59.6 Å². The Labute approximate surface area is 146 Å². The average Bonchev–Trinajstić information content (AvgIpc) is 3.22. The third-order valence-corrected chi connectivity index (χ3v) is 5.95. The Bertz CT molecular complexity index is 885. The van der Waals surface area contributed by atoms with Crippen molar-refractivity contribution < 1.29 is 8.42 Å². The first-order valence-corrected chi connectivity index (χ1v) is 10.0. The van der Waals surface area contributed by atoms with Gasteiger partial charge in [0.05, 0.1) is 4.88 Å². The van der Waals surface area contributed by atoms with Crippen molar-refractivity contribution in [3.8, 4) is 10.6 Å². The van der Waals surface area contributed by atoms with Gasteiger partial charge in [0.25, 0.3) is 0 Å². The van der Waals surface area contributed by atoms with E-state index in [9.17, 15) is 8.42 Å². The van der Waals surface area contributed by atoms with E-state index in [0.29, 0.717) is 12.2 Å². The minimum absolute atomic E-state index is 0.229. The van der Waals surface area contributed by atoms with Crippen LogP contribution in [-0.2, 0) is 23.5 Å². The van der Waals surface area contributed by atoms with Crippen LogP contribution in [0.3, 0.4) is 0 Å². The molecular weight excluding hydrogens is 342 g/mol. The maximum absolute atomic E-state index is 12.6. The van der Waals surface area contributed by atoms with Crippen LogP contribution in [-0.4, -0.2) is 24.7 Å². The minimum atomic E-state index is -3.58. The lowest BCUT2D eigenvalue weighted by molar-refractivity contribution is 0.579. The van der Waals surface area contributed by atoms with Crippen LogP contribution in [0.5, 0.6) is 0 Å². The predicted octanol–water partition coefficient (Wildman–Crippen LogP) is 3.06. The zero-order valence-electron chi connectivity index (χ0n) is 13.3. The van der Waals surface area contributed by atoms with E-state index in [1.807, 2.05) is 47.8 Å². The average molecular weight is 361 g/mol. The summed E-state index contributed by atoms with van der Waals surface area (Å²) in [5.74, 6) is 0. The fourth-order valence-electron chi connectivity index (χ4n) is 2.47. The summed E-state index contributed by atoms with van der Waals surface area (Å²) in [6.45, 7) is 0.399. The number of aryl methyl sites for hydroxylation is 2. The second-order valence-corrected chi connectivity index (χ2v) is 8.16. The molecule has 2 aromatic heterocycles. The lowest BCUT2D eigenvalue weighted by Crippen LogP contribution is -2.25. The van der Waals surface area contributed by atoms with Crippen molar-refractivity contribution in [1.82, 2.24) is 14.5 Å². The second kappa shape index (κ2) is 7.29. The summed E-state index contributed by atoms with van der Waals surface area (Å²) in [6.07, 6.45) is 3.14. The van der Waals surface area contributed by atoms with Crippen LogP contribution in [0.15, 0.2) is 58.9 Å². The first kappa shape index (κ1) is 16.9. The Balaban J connectivity index is 1.68. The van der Waals surface area contributed by atoms with E-state index in [0.717, 1.165) is 17.7 Å². The molecule has 0 saturated carbocycles. The minimum Gasteiger partial charge on any atom is -0.274 e. The molecule has 0 unspecified atom stereocenters. The molecule has 0 fully saturated rings. The highest BCUT2D eigenvalue weighted by molar-refractivity contribution is 7.89. The number of benzene rings is 1. The summed E-state index contributed by atoms with van der Waals surface area (Å²) in [4.78, 5) is 1.08. The fraction of sp³-hybridized carbons (Fsp3) is 0.235. The molecule has 0 atom stereocenters. The maximum Gasteiger partial charge on any atom is 0.244 e. The highest BCUT2D eigenvalue weighted by Crippen LogP contribution is 2.29. The molecule has 0 aliphatic carbocycles. The number of thiophene rings is 1. The lowest BCUT2D eigenvalue weighted by Gasteiger charge is -2.06. The van der Waals surface area contributed by atoms with Gasteiger partial charge in [0, 0.05) is 19.8 Å². The van der Waals surface area contributed by atoms with Crippen LogP contribution in [0, 0.1) is 0 Å². The van der Waals surface area contributed by atoms with E-state index in [2.05, 4.69) is 9.82 Å². The third-order valence-electron chi connectivity index (χ3n) is 3.62. The lowest BCUT2D eigenvalue weighted by atomic mass is 10.1. The molecule has 0 spiro atoms. The second-order valence-electron chi connectivity index (χ2n) is 5.48. The number of nitrogens with zero attached hydrogens (tertiary/aromatic N) is 2. The number of rotatable bonds is 7. The van der Waals surface area contributed by atoms with Gasteiger partial charge in [-0.05, 0) is 29.9 Å². The number of sulfonamides is 1. The summed E-state index contributed by atoms with van der Waals surface area (Å²) in [5, 5.41) is 6.21. The van der Waals surface area contributed by atoms with Crippen molar-refractivity contribution in [2.24, 2.45) is 7.05 Å². The van der Waals surface area contributed by atoms with Gasteiger partial charge in [0.15, 0.2) is 0 Å². The van der Waals surface area contributed by atoms with E-state index >= 15 is 0 Å². The smallest absolute Gasteiger partial charge is 0.244 e. The molecule has 3 rings (SSSR count). The van der Waals surface area contributed by atoms with Crippen LogP contribution in [0.2, 0.25) is 0 Å². The van der Waals surface area contributed by atoms with E-state index in [-0.39, 0.29) is 4.90 Å². The molecule has 1 aromatic carbocycles. The first-order valence-electron chi connectivity index (χ1n) is 7.67. The van der Waals surface area contributed by atoms with Crippen LogP contribution in [0.1, 0.15) is 12.0 Å². The van der Waals surface area contributed by atoms with Gasteiger partial charge in [-0.2, -0.15) is 5.10 Å². The quantitative estimate of drug-likeness (QED) is 0.658. The normalized spacial score (nSPS) is 11.7. The largest absolute Gasteiger partial charge is 0.274 e. The molecule has 0 aliphatic heterocycles. The standard InChI is InChI=1S/C17H19N3O2S2/c1-20-13-16(17(19-20)15-10-6-12-23-15)24(21,22)18-11-5-9-14-7-3-2-4-8-14/h2-4,6-8,10,12-13,18H,5,9,11H2,1H3. The molecule has 1 N–H and O–H groups in total. The van der Waals surface area contributed by atoms with Gasteiger partial charge in [-0.25, -0.2) is 13.1 Å². The van der Waals surface area contributed by atoms with Gasteiger partial charge >= 0.3 is 0 Å². The Morgan fingerprint density at radius 2 is 1.96 bits per heavy atom. The van der Waals surface area contributed by atoms with Crippen LogP contribution < -0.4 is 4.72 Å². The molecular formula is C17H19N3O2S2. The summed E-state index contributed by atoms with van der Waals surface area (Å²) in [5.41, 5.74) is 1.71. The molecule has 0 saturated heterocycles. The highest BCUT2D eigenvalue weighted by Gasteiger charge is 2.23. The van der Waals surface area contributed by atoms with Gasteiger partial charge in [0.1, 0.15) is 10.6 Å². The molecule has 2 heterocycles. The Morgan fingerprint density at radius 3 is 2.67 bits per heavy atom. The summed E-state index contributed by atoms with van der Waals surface area (Å²) in [7, 11) is -1.85. The van der Waals surface area contributed by atoms with Crippen LogP contribution in [0.25, 0.3) is 10.6 Å². The Kier molecular flexibility index (Phi) is 5.13. The molecule has 0 radical (unpaired) electrons. The summed E-state index contributed by atoms with van der Waals surface area (Å²) >= 11 is 1.48. The molecule has 7 heteroatoms. The van der Waals surface area contributed by atoms with E-state index in [1.165, 1.54) is 21.6 Å². The summed E-state index contributed by atoms with van der Waals surface area (Å²) < 4.78 is 29.4. The highest BCUT2D eigenvalue weighted by atomic mass is 32.2. The first-order chi connectivity index (χ1) is 11.6. The molecule has 5 nitrogen and oxygen atoms in total. The van der Waals surface area contributed by atoms with Crippen molar-refractivity contribution >= 4 is 21.4 Å². The molecule has 126 valence electrons. The SMILES string of the molecule is Cn1cc(S(=O)(=O)NCCCc2ccccc2)c(-c2cccs2)n1. The Hall–Kier alpha value is -1.96. The van der Waals surface area contributed by atoms with Crippen molar-refractivity contribution in [1.29, 1.82) is 0 Å². The van der Waals surface area contributed by atoms with Crippen LogP contribution >= 0.6 is 11.3 Å². The monoisotopic (exact) mass is 361 g/mol. The van der Waals surface area contributed by atoms with Gasteiger partial charge < -0.3 is 0 Å². The zero-order chi connectivity index (χ0) is 17.0. The number of hydrogen-bond acceptors (Lipinski definition) is 4. The van der Waals surface area contributed by atoms with Gasteiger partial charge in [-0.3, -0.25) is 4.68 Å². The van der Waals surface area contributed by atoms with E-state index < -0.39 is 10.0 Å². The number of aromatic nitrogens is 2. The van der Waals surface area contributed by atoms with Crippen molar-refractivity contribution in [3.63, 3.8) is 0 Å². The van der Waals surface area contributed by atoms with Gasteiger partial charge in [-0.15, -0.1) is 11.3 Å². The van der Waals surface area contributed by atoms with Gasteiger partial charge in [0.2, 0.25) is 10.0 Å². The Morgan fingerprint density at radius 1 is 1.17 bits per heavy atom. The molecule has 3 aromatic rings. The van der Waals surface area contributed by atoms with E-state index in [4.69, 9.17) is 0 Å².